The van der Waals surface area contributed by atoms with Crippen LogP contribution in [0.1, 0.15) is 25.5 Å². The number of H-pyrrole nitrogens is 1. The molecule has 8 nitrogen and oxygen atoms in total. The molecule has 0 radical (unpaired) electrons. The van der Waals surface area contributed by atoms with Crippen molar-refractivity contribution in [3.05, 3.63) is 22.1 Å². The predicted octanol–water partition coefficient (Wildman–Crippen LogP) is -0.652. The molecule has 0 fully saturated rings. The number of carbonyl (C=O) groups excluding carboxylic acids is 1. The lowest BCUT2D eigenvalue weighted by molar-refractivity contribution is -0.123. The zero-order valence-electron chi connectivity index (χ0n) is 12.3. The van der Waals surface area contributed by atoms with Crippen LogP contribution in [0.2, 0.25) is 0 Å². The molecule has 0 saturated carbocycles. The largest absolute Gasteiger partial charge is 0.387 e. The Morgan fingerprint density at radius 2 is 2.32 bits per heavy atom. The summed E-state index contributed by atoms with van der Waals surface area (Å²) in [5.41, 5.74) is 6.21. The summed E-state index contributed by atoms with van der Waals surface area (Å²) >= 11 is 0. The monoisotopic (exact) mass is 303 g/mol. The van der Waals surface area contributed by atoms with E-state index in [-0.39, 0.29) is 24.1 Å². The molecule has 2 aromatic rings. The summed E-state index contributed by atoms with van der Waals surface area (Å²) in [5.74, 6) is 5.11. The summed E-state index contributed by atoms with van der Waals surface area (Å²) in [6, 6.07) is 0.0841. The van der Waals surface area contributed by atoms with E-state index in [1.165, 1.54) is 0 Å². The van der Waals surface area contributed by atoms with Crippen molar-refractivity contribution in [2.45, 2.75) is 19.9 Å². The minimum atomic E-state index is -0.586. The third-order valence-electron chi connectivity index (χ3n) is 3.00. The van der Waals surface area contributed by atoms with E-state index in [1.54, 1.807) is 6.20 Å². The van der Waals surface area contributed by atoms with E-state index >= 15 is 0 Å². The number of hydrogen-bond donors (Lipinski definition) is 4. The third-order valence-corrected chi connectivity index (χ3v) is 3.00. The first-order valence-corrected chi connectivity index (χ1v) is 6.70. The molecule has 0 aliphatic rings. The molecule has 2 heterocycles. The Morgan fingerprint density at radius 3 is 2.95 bits per heavy atom. The number of rotatable bonds is 3. The zero-order chi connectivity index (χ0) is 16.3. The molecule has 1 amide bonds. The average molecular weight is 303 g/mol. The van der Waals surface area contributed by atoms with Crippen molar-refractivity contribution in [3.63, 3.8) is 0 Å². The molecule has 8 heteroatoms. The fourth-order valence-corrected chi connectivity index (χ4v) is 2.00. The van der Waals surface area contributed by atoms with E-state index in [9.17, 15) is 9.59 Å². The molecule has 0 atom stereocenters. The van der Waals surface area contributed by atoms with Gasteiger partial charge in [0.15, 0.2) is 5.65 Å². The lowest BCUT2D eigenvalue weighted by Crippen LogP contribution is -2.26. The van der Waals surface area contributed by atoms with Crippen LogP contribution in [-0.2, 0) is 4.79 Å². The molecule has 5 N–H and O–H groups in total. The number of nitrogens with zero attached hydrogens (tertiary/aromatic N) is 2. The third kappa shape index (κ3) is 3.10. The first-order chi connectivity index (χ1) is 10.4. The topological polar surface area (TPSA) is 126 Å². The quantitative estimate of drug-likeness (QED) is 0.560. The molecule has 0 aliphatic heterocycles. The maximum absolute atomic E-state index is 12.1. The van der Waals surface area contributed by atoms with Gasteiger partial charge in [-0.25, -0.2) is 0 Å². The summed E-state index contributed by atoms with van der Waals surface area (Å²) in [5, 5.41) is 11.4. The SMILES string of the molecule is CC(C)n1cc(C#CCNC(=O)CO)c2c(=O)[nH]c(N)nc21. The van der Waals surface area contributed by atoms with Gasteiger partial charge in [0.05, 0.1) is 17.5 Å². The molecule has 0 spiro atoms. The van der Waals surface area contributed by atoms with Crippen molar-refractivity contribution in [3.8, 4) is 11.8 Å². The highest BCUT2D eigenvalue weighted by atomic mass is 16.3. The van der Waals surface area contributed by atoms with Gasteiger partial charge in [0.1, 0.15) is 6.61 Å². The van der Waals surface area contributed by atoms with Gasteiger partial charge in [-0.3, -0.25) is 14.6 Å². The van der Waals surface area contributed by atoms with E-state index in [0.717, 1.165) is 0 Å². The normalized spacial score (nSPS) is 10.5. The van der Waals surface area contributed by atoms with Gasteiger partial charge in [0, 0.05) is 12.2 Å². The number of anilines is 1. The summed E-state index contributed by atoms with van der Waals surface area (Å²) in [6.45, 7) is 3.40. The molecule has 0 unspecified atom stereocenters. The van der Waals surface area contributed by atoms with Crippen LogP contribution in [0, 0.1) is 11.8 Å². The molecule has 116 valence electrons. The molecular formula is C14H17N5O3. The van der Waals surface area contributed by atoms with Crippen molar-refractivity contribution in [1.82, 2.24) is 19.9 Å². The second-order valence-electron chi connectivity index (χ2n) is 4.93. The number of fused-ring (bicyclic) bond motifs is 1. The average Bonchev–Trinajstić information content (AvgIpc) is 2.82. The Morgan fingerprint density at radius 1 is 1.59 bits per heavy atom. The smallest absolute Gasteiger partial charge is 0.263 e. The van der Waals surface area contributed by atoms with Crippen molar-refractivity contribution >= 4 is 22.9 Å². The lowest BCUT2D eigenvalue weighted by Gasteiger charge is -2.07. The maximum atomic E-state index is 12.1. The number of hydrogen-bond acceptors (Lipinski definition) is 5. The van der Waals surface area contributed by atoms with Crippen LogP contribution < -0.4 is 16.6 Å². The Hall–Kier alpha value is -2.79. The van der Waals surface area contributed by atoms with Crippen LogP contribution in [0.25, 0.3) is 11.0 Å². The number of aromatic nitrogens is 3. The number of aliphatic hydroxyl groups is 1. The van der Waals surface area contributed by atoms with Gasteiger partial charge in [-0.1, -0.05) is 11.8 Å². The highest BCUT2D eigenvalue weighted by Crippen LogP contribution is 2.19. The first kappa shape index (κ1) is 15.6. The van der Waals surface area contributed by atoms with Crippen LogP contribution in [0.15, 0.2) is 11.0 Å². The van der Waals surface area contributed by atoms with E-state index in [4.69, 9.17) is 10.8 Å². The number of nitrogens with two attached hydrogens (primary N) is 1. The summed E-state index contributed by atoms with van der Waals surface area (Å²) in [4.78, 5) is 29.6. The molecule has 2 rings (SSSR count). The maximum Gasteiger partial charge on any atom is 0.263 e. The minimum Gasteiger partial charge on any atom is -0.387 e. The van der Waals surface area contributed by atoms with Crippen LogP contribution >= 0.6 is 0 Å². The molecule has 2 aromatic heterocycles. The van der Waals surface area contributed by atoms with Gasteiger partial charge in [-0.15, -0.1) is 0 Å². The lowest BCUT2D eigenvalue weighted by atomic mass is 10.2. The summed E-state index contributed by atoms with van der Waals surface area (Å²) in [6.07, 6.45) is 1.73. The first-order valence-electron chi connectivity index (χ1n) is 6.70. The summed E-state index contributed by atoms with van der Waals surface area (Å²) < 4.78 is 1.82. The van der Waals surface area contributed by atoms with Crippen molar-refractivity contribution < 1.29 is 9.90 Å². The van der Waals surface area contributed by atoms with Gasteiger partial charge in [-0.05, 0) is 13.8 Å². The van der Waals surface area contributed by atoms with Crippen LogP contribution in [-0.4, -0.2) is 38.7 Å². The zero-order valence-corrected chi connectivity index (χ0v) is 12.3. The number of amides is 1. The number of nitrogen functional groups attached to an aromatic ring is 1. The Kier molecular flexibility index (Phi) is 4.48. The second-order valence-corrected chi connectivity index (χ2v) is 4.93. The molecule has 0 aromatic carbocycles. The van der Waals surface area contributed by atoms with E-state index < -0.39 is 12.5 Å². The van der Waals surface area contributed by atoms with Gasteiger partial charge in [-0.2, -0.15) is 4.98 Å². The van der Waals surface area contributed by atoms with Crippen molar-refractivity contribution in [1.29, 1.82) is 0 Å². The van der Waals surface area contributed by atoms with Crippen LogP contribution in [0.3, 0.4) is 0 Å². The van der Waals surface area contributed by atoms with E-state index in [0.29, 0.717) is 16.6 Å². The molecule has 22 heavy (non-hydrogen) atoms. The fraction of sp³-hybridized carbons (Fsp3) is 0.357. The van der Waals surface area contributed by atoms with E-state index in [1.807, 2.05) is 18.4 Å². The highest BCUT2D eigenvalue weighted by molar-refractivity contribution is 5.83. The Balaban J connectivity index is 2.45. The molecular weight excluding hydrogens is 286 g/mol. The number of nitrogens with one attached hydrogen (secondary N) is 2. The second kappa shape index (κ2) is 6.32. The highest BCUT2D eigenvalue weighted by Gasteiger charge is 2.14. The van der Waals surface area contributed by atoms with Crippen LogP contribution in [0.4, 0.5) is 5.95 Å². The predicted molar refractivity (Wildman–Crippen MR) is 82.1 cm³/mol. The standard InChI is InChI=1S/C14H17N5O3/c1-8(2)19-6-9(4-3-5-16-10(21)7-20)11-12(19)17-14(15)18-13(11)22/h6,8,20H,5,7H2,1-2H3,(H,16,21)(H3,15,17,18,22). The Labute approximate surface area is 126 Å². The van der Waals surface area contributed by atoms with Crippen molar-refractivity contribution in [2.75, 3.05) is 18.9 Å². The van der Waals surface area contributed by atoms with Gasteiger partial charge in [0.2, 0.25) is 11.9 Å². The van der Waals surface area contributed by atoms with Gasteiger partial charge >= 0.3 is 0 Å². The summed E-state index contributed by atoms with van der Waals surface area (Å²) in [7, 11) is 0. The van der Waals surface area contributed by atoms with Gasteiger partial charge < -0.3 is 20.7 Å². The Bertz CT molecular complexity index is 823. The van der Waals surface area contributed by atoms with E-state index in [2.05, 4.69) is 27.1 Å². The molecule has 0 saturated heterocycles. The molecule has 0 bridgehead atoms. The fourth-order valence-electron chi connectivity index (χ4n) is 2.00. The molecule has 0 aliphatic carbocycles. The van der Waals surface area contributed by atoms with Gasteiger partial charge in [0.25, 0.3) is 5.56 Å². The minimum absolute atomic E-state index is 0.0484. The number of aromatic amines is 1. The van der Waals surface area contributed by atoms with Crippen LogP contribution in [0.5, 0.6) is 0 Å². The number of aliphatic hydroxyl groups excluding tert-OH is 1. The number of carbonyl (C=O) groups is 1. The van der Waals surface area contributed by atoms with Crippen molar-refractivity contribution in [2.24, 2.45) is 0 Å².